The monoisotopic (exact) mass is 249 g/mol. The van der Waals surface area contributed by atoms with Gasteiger partial charge in [0.2, 0.25) is 0 Å². The summed E-state index contributed by atoms with van der Waals surface area (Å²) in [5.41, 5.74) is 2.62. The van der Waals surface area contributed by atoms with Gasteiger partial charge in [-0.15, -0.1) is 0 Å². The molecular formula is C16H27NO. The molecule has 1 unspecified atom stereocenters. The van der Waals surface area contributed by atoms with E-state index < -0.39 is 0 Å². The van der Waals surface area contributed by atoms with Crippen LogP contribution in [-0.4, -0.2) is 18.2 Å². The number of hydrogen-bond acceptors (Lipinski definition) is 2. The Morgan fingerprint density at radius 3 is 2.56 bits per heavy atom. The summed E-state index contributed by atoms with van der Waals surface area (Å²) < 4.78 is 6.00. The fraction of sp³-hybridized carbons (Fsp3) is 0.625. The molecule has 0 aliphatic rings. The smallest absolute Gasteiger partial charge is 0.122 e. The van der Waals surface area contributed by atoms with Gasteiger partial charge in [0.1, 0.15) is 11.9 Å². The van der Waals surface area contributed by atoms with E-state index in [-0.39, 0.29) is 11.6 Å². The van der Waals surface area contributed by atoms with Gasteiger partial charge in [0.05, 0.1) is 0 Å². The molecule has 2 heteroatoms. The normalized spacial score (nSPS) is 13.4. The van der Waals surface area contributed by atoms with Crippen LogP contribution in [-0.2, 0) is 0 Å². The molecule has 0 aromatic heterocycles. The predicted molar refractivity (Wildman–Crippen MR) is 78.4 cm³/mol. The summed E-state index contributed by atoms with van der Waals surface area (Å²) in [6.45, 7) is 13.8. The number of ether oxygens (including phenoxy) is 1. The van der Waals surface area contributed by atoms with Gasteiger partial charge in [-0.25, -0.2) is 0 Å². The number of benzene rings is 1. The van der Waals surface area contributed by atoms with Gasteiger partial charge in [0.25, 0.3) is 0 Å². The van der Waals surface area contributed by atoms with E-state index in [0.717, 1.165) is 18.7 Å². The maximum absolute atomic E-state index is 6.00. The average molecular weight is 249 g/mol. The van der Waals surface area contributed by atoms with Crippen LogP contribution < -0.4 is 10.1 Å². The van der Waals surface area contributed by atoms with Gasteiger partial charge in [-0.1, -0.05) is 19.1 Å². The highest BCUT2D eigenvalue weighted by molar-refractivity contribution is 5.36. The Bertz CT molecular complexity index is 385. The minimum Gasteiger partial charge on any atom is -0.489 e. The second-order valence-corrected chi connectivity index (χ2v) is 5.82. The molecular weight excluding hydrogens is 222 g/mol. The fourth-order valence-corrected chi connectivity index (χ4v) is 1.64. The zero-order valence-corrected chi connectivity index (χ0v) is 12.6. The number of hydrogen-bond donors (Lipinski definition) is 1. The number of rotatable bonds is 6. The first-order valence-corrected chi connectivity index (χ1v) is 6.83. The number of aryl methyl sites for hydroxylation is 2. The van der Waals surface area contributed by atoms with Crippen molar-refractivity contribution in [3.05, 3.63) is 29.3 Å². The van der Waals surface area contributed by atoms with Gasteiger partial charge >= 0.3 is 0 Å². The van der Waals surface area contributed by atoms with Crippen molar-refractivity contribution in [2.24, 2.45) is 0 Å². The van der Waals surface area contributed by atoms with Crippen LogP contribution in [0.25, 0.3) is 0 Å². The van der Waals surface area contributed by atoms with Gasteiger partial charge in [-0.3, -0.25) is 0 Å². The highest BCUT2D eigenvalue weighted by atomic mass is 16.5. The van der Waals surface area contributed by atoms with Crippen LogP contribution in [0.15, 0.2) is 18.2 Å². The minimum atomic E-state index is 0.177. The van der Waals surface area contributed by atoms with E-state index in [9.17, 15) is 0 Å². The quantitative estimate of drug-likeness (QED) is 0.827. The molecule has 0 heterocycles. The van der Waals surface area contributed by atoms with Crippen LogP contribution in [0.1, 0.15) is 45.2 Å². The van der Waals surface area contributed by atoms with Crippen molar-refractivity contribution in [2.75, 3.05) is 6.54 Å². The molecule has 0 saturated heterocycles. The van der Waals surface area contributed by atoms with Crippen LogP contribution >= 0.6 is 0 Å². The lowest BCUT2D eigenvalue weighted by Crippen LogP contribution is -2.43. The third-order valence-electron chi connectivity index (χ3n) is 3.42. The molecule has 0 spiro atoms. The zero-order chi connectivity index (χ0) is 13.8. The minimum absolute atomic E-state index is 0.177. The Labute approximate surface area is 112 Å². The summed E-state index contributed by atoms with van der Waals surface area (Å²) in [4.78, 5) is 0. The third kappa shape index (κ3) is 4.69. The first kappa shape index (κ1) is 15.0. The molecule has 0 aliphatic carbocycles. The third-order valence-corrected chi connectivity index (χ3v) is 3.42. The Morgan fingerprint density at radius 1 is 1.28 bits per heavy atom. The molecule has 0 fully saturated rings. The fourth-order valence-electron chi connectivity index (χ4n) is 1.64. The lowest BCUT2D eigenvalue weighted by molar-refractivity contribution is 0.197. The molecule has 1 aromatic rings. The summed E-state index contributed by atoms with van der Waals surface area (Å²) in [5.74, 6) is 0.999. The molecule has 0 radical (unpaired) electrons. The van der Waals surface area contributed by atoms with Crippen LogP contribution in [0.5, 0.6) is 5.75 Å². The molecule has 1 atom stereocenters. The van der Waals surface area contributed by atoms with Crippen molar-refractivity contribution < 1.29 is 4.74 Å². The number of nitrogens with one attached hydrogen (secondary N) is 1. The van der Waals surface area contributed by atoms with Gasteiger partial charge in [-0.05, 0) is 58.2 Å². The van der Waals surface area contributed by atoms with E-state index in [1.54, 1.807) is 0 Å². The molecule has 1 aromatic carbocycles. The van der Waals surface area contributed by atoms with Crippen molar-refractivity contribution in [1.29, 1.82) is 0 Å². The summed E-state index contributed by atoms with van der Waals surface area (Å²) >= 11 is 0. The van der Waals surface area contributed by atoms with E-state index in [2.05, 4.69) is 65.1 Å². The first-order chi connectivity index (χ1) is 8.34. The second kappa shape index (κ2) is 6.24. The van der Waals surface area contributed by atoms with Crippen molar-refractivity contribution in [2.45, 2.75) is 59.6 Å². The average Bonchev–Trinajstić information content (AvgIpc) is 2.31. The van der Waals surface area contributed by atoms with E-state index >= 15 is 0 Å². The molecule has 0 amide bonds. The van der Waals surface area contributed by atoms with Gasteiger partial charge in [0, 0.05) is 12.1 Å². The topological polar surface area (TPSA) is 21.3 Å². The summed E-state index contributed by atoms with van der Waals surface area (Å²) in [6, 6.07) is 6.34. The summed E-state index contributed by atoms with van der Waals surface area (Å²) in [5, 5.41) is 3.54. The van der Waals surface area contributed by atoms with Crippen molar-refractivity contribution in [3.8, 4) is 5.75 Å². The Morgan fingerprint density at radius 2 is 1.94 bits per heavy atom. The molecule has 0 aliphatic heterocycles. The van der Waals surface area contributed by atoms with Crippen molar-refractivity contribution >= 4 is 0 Å². The highest BCUT2D eigenvalue weighted by Crippen LogP contribution is 2.20. The molecule has 0 bridgehead atoms. The van der Waals surface area contributed by atoms with E-state index in [1.165, 1.54) is 11.1 Å². The molecule has 1 N–H and O–H groups in total. The second-order valence-electron chi connectivity index (χ2n) is 5.82. The lowest BCUT2D eigenvalue weighted by Gasteiger charge is -2.27. The molecule has 102 valence electrons. The van der Waals surface area contributed by atoms with E-state index in [1.807, 2.05) is 0 Å². The Balaban J connectivity index is 2.54. The molecule has 0 saturated carbocycles. The summed E-state index contributed by atoms with van der Waals surface area (Å²) in [7, 11) is 0. The first-order valence-electron chi connectivity index (χ1n) is 6.83. The predicted octanol–water partition coefficient (Wildman–Crippen LogP) is 3.85. The van der Waals surface area contributed by atoms with Crippen molar-refractivity contribution in [3.63, 3.8) is 0 Å². The SMILES string of the molecule is CCC(C)(C)NCC(C)Oc1cc(C)ccc1C. The maximum Gasteiger partial charge on any atom is 0.122 e. The Kier molecular flexibility index (Phi) is 5.21. The molecule has 1 rings (SSSR count). The van der Waals surface area contributed by atoms with E-state index in [0.29, 0.717) is 0 Å². The van der Waals surface area contributed by atoms with Gasteiger partial charge in [-0.2, -0.15) is 0 Å². The maximum atomic E-state index is 6.00. The van der Waals surface area contributed by atoms with Gasteiger partial charge < -0.3 is 10.1 Å². The van der Waals surface area contributed by atoms with Crippen LogP contribution in [0, 0.1) is 13.8 Å². The molecule has 18 heavy (non-hydrogen) atoms. The van der Waals surface area contributed by atoms with Crippen LogP contribution in [0.4, 0.5) is 0 Å². The molecule has 2 nitrogen and oxygen atoms in total. The van der Waals surface area contributed by atoms with Crippen LogP contribution in [0.2, 0.25) is 0 Å². The van der Waals surface area contributed by atoms with E-state index in [4.69, 9.17) is 4.74 Å². The lowest BCUT2D eigenvalue weighted by atomic mass is 10.0. The Hall–Kier alpha value is -1.02. The largest absolute Gasteiger partial charge is 0.489 e. The zero-order valence-electron chi connectivity index (χ0n) is 12.6. The highest BCUT2D eigenvalue weighted by Gasteiger charge is 2.16. The van der Waals surface area contributed by atoms with Crippen molar-refractivity contribution in [1.82, 2.24) is 5.32 Å². The van der Waals surface area contributed by atoms with Crippen LogP contribution in [0.3, 0.4) is 0 Å². The standard InChI is InChI=1S/C16H27NO/c1-7-16(5,6)17-11-14(4)18-15-10-12(2)8-9-13(15)3/h8-10,14,17H,7,11H2,1-6H3. The summed E-state index contributed by atoms with van der Waals surface area (Å²) in [6.07, 6.45) is 1.29. The van der Waals surface area contributed by atoms with Gasteiger partial charge in [0.15, 0.2) is 0 Å².